The first-order valence-electron chi connectivity index (χ1n) is 8.76. The van der Waals surface area contributed by atoms with Crippen LogP contribution in [-0.2, 0) is 10.0 Å². The maximum absolute atomic E-state index is 12.4. The average molecular weight is 444 g/mol. The second kappa shape index (κ2) is 8.98. The van der Waals surface area contributed by atoms with Gasteiger partial charge in [0.05, 0.1) is 11.1 Å². The Balaban J connectivity index is 1.64. The monoisotopic (exact) mass is 443 g/mol. The van der Waals surface area contributed by atoms with Crippen molar-refractivity contribution in [2.45, 2.75) is 11.8 Å². The molecule has 0 saturated carbocycles. The van der Waals surface area contributed by atoms with Crippen LogP contribution in [0, 0.1) is 6.92 Å². The lowest BCUT2D eigenvalue weighted by Gasteiger charge is -2.09. The van der Waals surface area contributed by atoms with E-state index in [-0.39, 0.29) is 16.2 Å². The van der Waals surface area contributed by atoms with Crippen LogP contribution in [0.15, 0.2) is 76.7 Å². The number of phenolic OH excluding ortho intramolecular Hbond substituents is 1. The molecule has 0 atom stereocenters. The number of carbonyl (C=O) groups excluding carboxylic acids is 1. The molecule has 0 bridgehead atoms. The van der Waals surface area contributed by atoms with E-state index in [9.17, 15) is 18.3 Å². The number of hydrogen-bond acceptors (Lipinski definition) is 5. The van der Waals surface area contributed by atoms with Gasteiger partial charge in [0, 0.05) is 21.8 Å². The first-order chi connectivity index (χ1) is 14.2. The lowest BCUT2D eigenvalue weighted by molar-refractivity contribution is 0.0955. The number of amides is 1. The second-order valence-corrected chi connectivity index (χ2v) is 8.52. The molecule has 0 radical (unpaired) electrons. The summed E-state index contributed by atoms with van der Waals surface area (Å²) in [4.78, 5) is 12.3. The first kappa shape index (κ1) is 21.4. The standard InChI is InChI=1S/C21H18ClN3O4S/c1-14-2-9-19(10-3-14)30(28,29)25-18-7-4-15(5-8-18)21(27)24-23-13-16-12-17(22)6-11-20(16)26/h2-13,25-26H,1H3,(H,24,27)/b23-13+. The topological polar surface area (TPSA) is 108 Å². The molecule has 0 fully saturated rings. The molecule has 0 saturated heterocycles. The molecular weight excluding hydrogens is 426 g/mol. The van der Waals surface area contributed by atoms with Gasteiger partial charge in [-0.25, -0.2) is 13.8 Å². The van der Waals surface area contributed by atoms with Crippen molar-refractivity contribution in [1.82, 2.24) is 5.43 Å². The summed E-state index contributed by atoms with van der Waals surface area (Å²) >= 11 is 5.85. The molecule has 0 aliphatic heterocycles. The summed E-state index contributed by atoms with van der Waals surface area (Å²) in [7, 11) is -3.72. The highest BCUT2D eigenvalue weighted by Crippen LogP contribution is 2.20. The van der Waals surface area contributed by atoms with Crippen molar-refractivity contribution in [2.24, 2.45) is 5.10 Å². The number of hydrazone groups is 1. The third-order valence-corrected chi connectivity index (χ3v) is 5.72. The van der Waals surface area contributed by atoms with Gasteiger partial charge in [-0.05, 0) is 61.5 Å². The Morgan fingerprint density at radius 1 is 1.03 bits per heavy atom. The number of hydrogen-bond donors (Lipinski definition) is 3. The Kier molecular flexibility index (Phi) is 6.39. The maximum atomic E-state index is 12.4. The van der Waals surface area contributed by atoms with Crippen LogP contribution in [0.1, 0.15) is 21.5 Å². The third-order valence-electron chi connectivity index (χ3n) is 4.09. The first-order valence-corrected chi connectivity index (χ1v) is 10.6. The van der Waals surface area contributed by atoms with Gasteiger partial charge in [0.25, 0.3) is 15.9 Å². The van der Waals surface area contributed by atoms with Gasteiger partial charge in [-0.15, -0.1) is 0 Å². The number of sulfonamides is 1. The minimum absolute atomic E-state index is 0.0254. The fraction of sp³-hybridized carbons (Fsp3) is 0.0476. The smallest absolute Gasteiger partial charge is 0.271 e. The van der Waals surface area contributed by atoms with Crippen LogP contribution in [0.3, 0.4) is 0 Å². The predicted octanol–water partition coefficient (Wildman–Crippen LogP) is 3.92. The number of aryl methyl sites for hydroxylation is 1. The summed E-state index contributed by atoms with van der Waals surface area (Å²) in [5.74, 6) is -0.525. The Labute approximate surface area is 179 Å². The SMILES string of the molecule is Cc1ccc(S(=O)(=O)Nc2ccc(C(=O)N/N=C/c3cc(Cl)ccc3O)cc2)cc1. The largest absolute Gasteiger partial charge is 0.507 e. The zero-order chi connectivity index (χ0) is 21.7. The molecule has 0 aliphatic rings. The summed E-state index contributed by atoms with van der Waals surface area (Å²) in [6, 6.07) is 16.8. The molecule has 3 N–H and O–H groups in total. The van der Waals surface area contributed by atoms with Crippen LogP contribution in [0.4, 0.5) is 5.69 Å². The molecule has 0 aromatic heterocycles. The third kappa shape index (κ3) is 5.37. The number of aromatic hydroxyl groups is 1. The zero-order valence-electron chi connectivity index (χ0n) is 15.8. The predicted molar refractivity (Wildman–Crippen MR) is 117 cm³/mol. The summed E-state index contributed by atoms with van der Waals surface area (Å²) in [6.07, 6.45) is 1.27. The van der Waals surface area contributed by atoms with E-state index in [0.29, 0.717) is 16.3 Å². The van der Waals surface area contributed by atoms with Gasteiger partial charge < -0.3 is 5.11 Å². The van der Waals surface area contributed by atoms with Crippen molar-refractivity contribution in [3.8, 4) is 5.75 Å². The van der Waals surface area contributed by atoms with Crippen LogP contribution < -0.4 is 10.1 Å². The van der Waals surface area contributed by atoms with E-state index in [1.165, 1.54) is 60.8 Å². The van der Waals surface area contributed by atoms with Crippen molar-refractivity contribution in [1.29, 1.82) is 0 Å². The molecule has 3 aromatic rings. The molecular formula is C21H18ClN3O4S. The number of rotatable bonds is 6. The highest BCUT2D eigenvalue weighted by Gasteiger charge is 2.14. The van der Waals surface area contributed by atoms with Gasteiger partial charge in [-0.1, -0.05) is 29.3 Å². The summed E-state index contributed by atoms with van der Waals surface area (Å²) in [5, 5.41) is 13.9. The molecule has 9 heteroatoms. The number of halogens is 1. The average Bonchev–Trinajstić information content (AvgIpc) is 2.71. The van der Waals surface area contributed by atoms with Crippen molar-refractivity contribution < 1.29 is 18.3 Å². The van der Waals surface area contributed by atoms with Gasteiger partial charge in [-0.2, -0.15) is 5.10 Å². The van der Waals surface area contributed by atoms with Crippen molar-refractivity contribution >= 4 is 39.4 Å². The van der Waals surface area contributed by atoms with Gasteiger partial charge in [-0.3, -0.25) is 9.52 Å². The summed E-state index contributed by atoms with van der Waals surface area (Å²) in [6.45, 7) is 1.87. The van der Waals surface area contributed by atoms with Crippen LogP contribution >= 0.6 is 11.6 Å². The zero-order valence-corrected chi connectivity index (χ0v) is 17.4. The van der Waals surface area contributed by atoms with Gasteiger partial charge in [0.1, 0.15) is 5.75 Å². The molecule has 1 amide bonds. The molecule has 30 heavy (non-hydrogen) atoms. The molecule has 0 spiro atoms. The van der Waals surface area contributed by atoms with Crippen LogP contribution in [0.25, 0.3) is 0 Å². The molecule has 3 rings (SSSR count). The van der Waals surface area contributed by atoms with E-state index in [1.807, 2.05) is 6.92 Å². The van der Waals surface area contributed by atoms with E-state index >= 15 is 0 Å². The Morgan fingerprint density at radius 2 is 1.70 bits per heavy atom. The number of nitrogens with one attached hydrogen (secondary N) is 2. The van der Waals surface area contributed by atoms with E-state index in [2.05, 4.69) is 15.2 Å². The van der Waals surface area contributed by atoms with E-state index in [0.717, 1.165) is 5.56 Å². The van der Waals surface area contributed by atoms with Gasteiger partial charge in [0.15, 0.2) is 0 Å². The quantitative estimate of drug-likeness (QED) is 0.396. The minimum atomic E-state index is -3.72. The lowest BCUT2D eigenvalue weighted by atomic mass is 10.2. The number of benzene rings is 3. The van der Waals surface area contributed by atoms with E-state index in [4.69, 9.17) is 11.6 Å². The lowest BCUT2D eigenvalue weighted by Crippen LogP contribution is -2.18. The van der Waals surface area contributed by atoms with Crippen molar-refractivity contribution in [2.75, 3.05) is 4.72 Å². The van der Waals surface area contributed by atoms with E-state index < -0.39 is 15.9 Å². The highest BCUT2D eigenvalue weighted by atomic mass is 35.5. The normalized spacial score (nSPS) is 11.4. The molecule has 0 heterocycles. The molecule has 0 unspecified atom stereocenters. The fourth-order valence-corrected chi connectivity index (χ4v) is 3.71. The fourth-order valence-electron chi connectivity index (χ4n) is 2.47. The molecule has 0 aliphatic carbocycles. The number of nitrogens with zero attached hydrogens (tertiary/aromatic N) is 1. The Morgan fingerprint density at radius 3 is 2.37 bits per heavy atom. The number of phenols is 1. The molecule has 154 valence electrons. The van der Waals surface area contributed by atoms with Crippen LogP contribution in [0.2, 0.25) is 5.02 Å². The van der Waals surface area contributed by atoms with Gasteiger partial charge in [0.2, 0.25) is 0 Å². The molecule has 7 nitrogen and oxygen atoms in total. The van der Waals surface area contributed by atoms with Gasteiger partial charge >= 0.3 is 0 Å². The minimum Gasteiger partial charge on any atom is -0.507 e. The molecule has 3 aromatic carbocycles. The number of carbonyl (C=O) groups is 1. The van der Waals surface area contributed by atoms with E-state index in [1.54, 1.807) is 12.1 Å². The van der Waals surface area contributed by atoms with Crippen molar-refractivity contribution in [3.05, 3.63) is 88.4 Å². The summed E-state index contributed by atoms with van der Waals surface area (Å²) in [5.41, 5.74) is 4.23. The van der Waals surface area contributed by atoms with Crippen LogP contribution in [0.5, 0.6) is 5.75 Å². The Bertz CT molecular complexity index is 1190. The van der Waals surface area contributed by atoms with Crippen LogP contribution in [-0.4, -0.2) is 25.6 Å². The summed E-state index contributed by atoms with van der Waals surface area (Å²) < 4.78 is 27.3. The van der Waals surface area contributed by atoms with Crippen molar-refractivity contribution in [3.63, 3.8) is 0 Å². The number of anilines is 1. The second-order valence-electron chi connectivity index (χ2n) is 6.40. The highest BCUT2D eigenvalue weighted by molar-refractivity contribution is 7.92. The maximum Gasteiger partial charge on any atom is 0.271 e. The Hall–Kier alpha value is -3.36.